The molecule has 0 saturated carbocycles. The van der Waals surface area contributed by atoms with E-state index in [0.29, 0.717) is 5.75 Å². The third kappa shape index (κ3) is 8.73. The molecule has 4 aromatic rings. The summed E-state index contributed by atoms with van der Waals surface area (Å²) in [5.74, 6) is -0.574. The lowest BCUT2D eigenvalue weighted by Crippen LogP contribution is -2.56. The van der Waals surface area contributed by atoms with Crippen molar-refractivity contribution in [3.63, 3.8) is 0 Å². The van der Waals surface area contributed by atoms with Crippen molar-refractivity contribution in [2.45, 2.75) is 57.1 Å². The first-order valence-corrected chi connectivity index (χ1v) is 16.2. The number of benzene rings is 4. The maximum Gasteiger partial charge on any atom is 0.264 e. The number of hydrogen-bond acceptors (Lipinski definition) is 5. The molecule has 0 fully saturated rings. The summed E-state index contributed by atoms with van der Waals surface area (Å²) < 4.78 is 34.9. The average molecular weight is 628 g/mol. The molecule has 9 heteroatoms. The molecule has 2 amide bonds. The monoisotopic (exact) mass is 627 g/mol. The Bertz CT molecular complexity index is 1700. The average Bonchev–Trinajstić information content (AvgIpc) is 3.01. The summed E-state index contributed by atoms with van der Waals surface area (Å²) >= 11 is 0. The zero-order chi connectivity index (χ0) is 32.6. The van der Waals surface area contributed by atoms with Crippen LogP contribution in [0.1, 0.15) is 37.5 Å². The van der Waals surface area contributed by atoms with Crippen LogP contribution in [0.2, 0.25) is 0 Å². The number of methoxy groups -OCH3 is 1. The second kappa shape index (κ2) is 14.4. The SMILES string of the molecule is COc1ccccc1N(CC(=O)N(Cc1cccc(C)c1)C(Cc1ccccc1)C(=O)NC(C)(C)C)S(=O)(=O)c1ccccc1. The molecule has 0 aromatic heterocycles. The molecule has 0 heterocycles. The van der Waals surface area contributed by atoms with Crippen LogP contribution in [0, 0.1) is 6.92 Å². The Morgan fingerprint density at radius 3 is 2.04 bits per heavy atom. The van der Waals surface area contributed by atoms with Gasteiger partial charge in [-0.25, -0.2) is 8.42 Å². The highest BCUT2D eigenvalue weighted by molar-refractivity contribution is 7.92. The van der Waals surface area contributed by atoms with Gasteiger partial charge in [-0.15, -0.1) is 0 Å². The molecular formula is C36H41N3O5S. The topological polar surface area (TPSA) is 96.0 Å². The molecule has 0 radical (unpaired) electrons. The van der Waals surface area contributed by atoms with E-state index >= 15 is 0 Å². The van der Waals surface area contributed by atoms with Crippen LogP contribution >= 0.6 is 0 Å². The number of hydrogen-bond donors (Lipinski definition) is 1. The van der Waals surface area contributed by atoms with Gasteiger partial charge in [0.1, 0.15) is 18.3 Å². The molecule has 45 heavy (non-hydrogen) atoms. The van der Waals surface area contributed by atoms with Crippen LogP contribution in [0.15, 0.2) is 114 Å². The molecule has 4 rings (SSSR count). The van der Waals surface area contributed by atoms with Crippen molar-refractivity contribution in [2.24, 2.45) is 0 Å². The first kappa shape index (κ1) is 33.3. The second-order valence-corrected chi connectivity index (χ2v) is 13.8. The number of sulfonamides is 1. The summed E-state index contributed by atoms with van der Waals surface area (Å²) in [6, 6.07) is 30.9. The maximum absolute atomic E-state index is 14.6. The van der Waals surface area contributed by atoms with Crippen molar-refractivity contribution in [2.75, 3.05) is 18.0 Å². The van der Waals surface area contributed by atoms with E-state index in [9.17, 15) is 18.0 Å². The molecule has 1 atom stereocenters. The zero-order valence-corrected chi connectivity index (χ0v) is 27.3. The van der Waals surface area contributed by atoms with Gasteiger partial charge in [-0.2, -0.15) is 0 Å². The highest BCUT2D eigenvalue weighted by atomic mass is 32.2. The molecule has 0 aliphatic carbocycles. The number of carbonyl (C=O) groups excluding carboxylic acids is 2. The summed E-state index contributed by atoms with van der Waals surface area (Å²) in [4.78, 5) is 30.1. The predicted octanol–water partition coefficient (Wildman–Crippen LogP) is 5.75. The lowest BCUT2D eigenvalue weighted by molar-refractivity contribution is -0.140. The summed E-state index contributed by atoms with van der Waals surface area (Å²) in [6.07, 6.45) is 0.237. The van der Waals surface area contributed by atoms with Crippen LogP contribution < -0.4 is 14.4 Å². The van der Waals surface area contributed by atoms with Crippen molar-refractivity contribution < 1.29 is 22.7 Å². The Kier molecular flexibility index (Phi) is 10.7. The number of aryl methyl sites for hydroxylation is 1. The highest BCUT2D eigenvalue weighted by Crippen LogP contribution is 2.32. The van der Waals surface area contributed by atoms with Gasteiger partial charge < -0.3 is 15.0 Å². The van der Waals surface area contributed by atoms with Gasteiger partial charge in [0.25, 0.3) is 10.0 Å². The zero-order valence-electron chi connectivity index (χ0n) is 26.4. The molecule has 1 unspecified atom stereocenters. The van der Waals surface area contributed by atoms with E-state index in [1.165, 1.54) is 24.1 Å². The third-order valence-corrected chi connectivity index (χ3v) is 8.94. The molecule has 4 aromatic carbocycles. The van der Waals surface area contributed by atoms with Gasteiger partial charge in [-0.05, 0) is 63.1 Å². The number of ether oxygens (including phenoxy) is 1. The molecule has 0 bridgehead atoms. The van der Waals surface area contributed by atoms with Crippen LogP contribution in [0.5, 0.6) is 5.75 Å². The molecular weight excluding hydrogens is 586 g/mol. The Labute approximate surface area is 266 Å². The fourth-order valence-electron chi connectivity index (χ4n) is 5.08. The van der Waals surface area contributed by atoms with E-state index in [0.717, 1.165) is 21.0 Å². The van der Waals surface area contributed by atoms with Crippen LogP contribution in [0.25, 0.3) is 0 Å². The van der Waals surface area contributed by atoms with Gasteiger partial charge >= 0.3 is 0 Å². The van der Waals surface area contributed by atoms with Crippen molar-refractivity contribution in [1.29, 1.82) is 0 Å². The van der Waals surface area contributed by atoms with E-state index in [1.807, 2.05) is 82.3 Å². The van der Waals surface area contributed by atoms with Crippen molar-refractivity contribution >= 4 is 27.5 Å². The smallest absolute Gasteiger partial charge is 0.264 e. The fourth-order valence-corrected chi connectivity index (χ4v) is 6.53. The molecule has 1 N–H and O–H groups in total. The molecule has 0 spiro atoms. The minimum atomic E-state index is -4.22. The van der Waals surface area contributed by atoms with E-state index < -0.39 is 34.1 Å². The number of amides is 2. The van der Waals surface area contributed by atoms with Crippen LogP contribution in [-0.2, 0) is 32.6 Å². The lowest BCUT2D eigenvalue weighted by Gasteiger charge is -2.35. The molecule has 8 nitrogen and oxygen atoms in total. The van der Waals surface area contributed by atoms with Crippen LogP contribution in [0.3, 0.4) is 0 Å². The second-order valence-electron chi connectivity index (χ2n) is 12.0. The molecule has 0 aliphatic rings. The number of anilines is 1. The summed E-state index contributed by atoms with van der Waals surface area (Å²) in [5, 5.41) is 3.05. The minimum Gasteiger partial charge on any atom is -0.495 e. The van der Waals surface area contributed by atoms with Gasteiger partial charge in [-0.3, -0.25) is 13.9 Å². The fraction of sp³-hybridized carbons (Fsp3) is 0.278. The van der Waals surface area contributed by atoms with Gasteiger partial charge in [0.15, 0.2) is 0 Å². The van der Waals surface area contributed by atoms with E-state index in [4.69, 9.17) is 4.74 Å². The molecule has 0 saturated heterocycles. The third-order valence-electron chi connectivity index (χ3n) is 7.17. The lowest BCUT2D eigenvalue weighted by atomic mass is 10.0. The number of rotatable bonds is 12. The molecule has 236 valence electrons. The van der Waals surface area contributed by atoms with Crippen LogP contribution in [0.4, 0.5) is 5.69 Å². The van der Waals surface area contributed by atoms with E-state index in [2.05, 4.69) is 5.32 Å². The summed E-state index contributed by atoms with van der Waals surface area (Å²) in [7, 11) is -2.77. The van der Waals surface area contributed by atoms with Crippen LogP contribution in [-0.4, -0.2) is 50.4 Å². The van der Waals surface area contributed by atoms with Gasteiger partial charge in [-0.1, -0.05) is 90.5 Å². The van der Waals surface area contributed by atoms with E-state index in [1.54, 1.807) is 42.5 Å². The minimum absolute atomic E-state index is 0.0280. The number of para-hydroxylation sites is 2. The highest BCUT2D eigenvalue weighted by Gasteiger charge is 2.36. The predicted molar refractivity (Wildman–Crippen MR) is 178 cm³/mol. The quantitative estimate of drug-likeness (QED) is 0.216. The van der Waals surface area contributed by atoms with Crippen molar-refractivity contribution in [3.05, 3.63) is 126 Å². The Hall–Kier alpha value is -4.63. The Morgan fingerprint density at radius 1 is 0.822 bits per heavy atom. The Morgan fingerprint density at radius 2 is 1.42 bits per heavy atom. The number of carbonyl (C=O) groups is 2. The molecule has 0 aliphatic heterocycles. The standard InChI is InChI=1S/C36H41N3O5S/c1-27-15-14-18-29(23-27)25-38(32(35(41)37-36(2,3)4)24-28-16-8-6-9-17-28)34(40)26-39(31-21-12-13-22-33(31)44-5)45(42,43)30-19-10-7-11-20-30/h6-23,32H,24-26H2,1-5H3,(H,37,41). The first-order valence-electron chi connectivity index (χ1n) is 14.8. The van der Waals surface area contributed by atoms with Gasteiger partial charge in [0.05, 0.1) is 17.7 Å². The largest absolute Gasteiger partial charge is 0.495 e. The van der Waals surface area contributed by atoms with Crippen molar-refractivity contribution in [1.82, 2.24) is 10.2 Å². The maximum atomic E-state index is 14.6. The van der Waals surface area contributed by atoms with Gasteiger partial charge in [0.2, 0.25) is 11.8 Å². The Balaban J connectivity index is 1.84. The van der Waals surface area contributed by atoms with Crippen molar-refractivity contribution in [3.8, 4) is 5.75 Å². The van der Waals surface area contributed by atoms with Gasteiger partial charge in [0, 0.05) is 18.5 Å². The first-order chi connectivity index (χ1) is 21.4. The normalized spacial score (nSPS) is 12.2. The number of nitrogens with zero attached hydrogens (tertiary/aromatic N) is 2. The van der Waals surface area contributed by atoms with E-state index in [-0.39, 0.29) is 29.5 Å². The summed E-state index contributed by atoms with van der Waals surface area (Å²) in [5.41, 5.74) is 2.34. The summed E-state index contributed by atoms with van der Waals surface area (Å²) in [6.45, 7) is 7.14. The number of nitrogens with one attached hydrogen (secondary N) is 1.